The van der Waals surface area contributed by atoms with E-state index >= 15 is 0 Å². The molecule has 0 amide bonds. The smallest absolute Gasteiger partial charge is 0.338 e. The van der Waals surface area contributed by atoms with E-state index in [2.05, 4.69) is 0 Å². The summed E-state index contributed by atoms with van der Waals surface area (Å²) in [5.74, 6) is -1.30. The Morgan fingerprint density at radius 1 is 1.18 bits per heavy atom. The van der Waals surface area contributed by atoms with Crippen LogP contribution in [0.3, 0.4) is 0 Å². The number of hydrogen-bond donors (Lipinski definition) is 1. The van der Waals surface area contributed by atoms with Crippen LogP contribution >= 0.6 is 0 Å². The van der Waals surface area contributed by atoms with Crippen molar-refractivity contribution in [2.24, 2.45) is 0 Å². The molecule has 0 spiro atoms. The Balaban J connectivity index is 1.79. The molecule has 3 aliphatic rings. The molecule has 0 saturated carbocycles. The van der Waals surface area contributed by atoms with Gasteiger partial charge in [-0.15, -0.1) is 0 Å². The molecule has 3 rings (SSSR count). The largest absolute Gasteiger partial charge is 0.454 e. The maximum absolute atomic E-state index is 11.2. The van der Waals surface area contributed by atoms with Gasteiger partial charge in [-0.2, -0.15) is 0 Å². The molecule has 0 bridgehead atoms. The number of hydrogen-bond acceptors (Lipinski definition) is 6. The first-order valence-corrected chi connectivity index (χ1v) is 6.00. The summed E-state index contributed by atoms with van der Waals surface area (Å²) in [6.07, 6.45) is -2.02. The number of aliphatic hydroxyl groups is 1. The van der Waals surface area contributed by atoms with E-state index in [9.17, 15) is 9.90 Å². The molecule has 17 heavy (non-hydrogen) atoms. The number of rotatable bonds is 2. The number of fused-ring (bicyclic) bond motifs is 3. The van der Waals surface area contributed by atoms with Gasteiger partial charge in [-0.25, -0.2) is 4.79 Å². The van der Waals surface area contributed by atoms with E-state index in [0.717, 1.165) is 0 Å². The molecule has 3 saturated heterocycles. The molecule has 3 fully saturated rings. The standard InChI is InChI=1S/C11H16O6/c1-3-11(4-2)16-8-7-6(15-10(8)17-11)5(12)9(13)14-7/h5-8,10,12H,3-4H2,1-2H3. The van der Waals surface area contributed by atoms with E-state index < -0.39 is 42.5 Å². The maximum atomic E-state index is 11.2. The first kappa shape index (κ1) is 11.4. The molecule has 6 nitrogen and oxygen atoms in total. The van der Waals surface area contributed by atoms with Crippen molar-refractivity contribution in [3.05, 3.63) is 0 Å². The van der Waals surface area contributed by atoms with Gasteiger partial charge in [0.25, 0.3) is 0 Å². The average molecular weight is 244 g/mol. The minimum atomic E-state index is -1.23. The topological polar surface area (TPSA) is 74.2 Å². The highest BCUT2D eigenvalue weighted by Crippen LogP contribution is 2.44. The molecule has 0 aromatic heterocycles. The van der Waals surface area contributed by atoms with Crippen molar-refractivity contribution in [1.82, 2.24) is 0 Å². The van der Waals surface area contributed by atoms with Crippen LogP contribution in [-0.2, 0) is 23.7 Å². The van der Waals surface area contributed by atoms with Crippen LogP contribution in [-0.4, -0.2) is 47.6 Å². The van der Waals surface area contributed by atoms with E-state index in [-0.39, 0.29) is 0 Å². The van der Waals surface area contributed by atoms with Gasteiger partial charge in [0.15, 0.2) is 30.4 Å². The zero-order valence-corrected chi connectivity index (χ0v) is 9.79. The van der Waals surface area contributed by atoms with Gasteiger partial charge in [0, 0.05) is 0 Å². The third kappa shape index (κ3) is 1.45. The Kier molecular flexibility index (Phi) is 2.45. The molecule has 5 unspecified atom stereocenters. The number of aliphatic hydroxyl groups excluding tert-OH is 1. The van der Waals surface area contributed by atoms with Gasteiger partial charge in [0.2, 0.25) is 0 Å². The Labute approximate surface area is 98.8 Å². The van der Waals surface area contributed by atoms with Gasteiger partial charge in [-0.1, -0.05) is 13.8 Å². The quantitative estimate of drug-likeness (QED) is 0.685. The molecule has 3 aliphatic heterocycles. The fraction of sp³-hybridized carbons (Fsp3) is 0.909. The van der Waals surface area contributed by atoms with Crippen molar-refractivity contribution in [1.29, 1.82) is 0 Å². The van der Waals surface area contributed by atoms with E-state index in [4.69, 9.17) is 18.9 Å². The molecule has 3 heterocycles. The van der Waals surface area contributed by atoms with E-state index in [1.165, 1.54) is 0 Å². The van der Waals surface area contributed by atoms with Crippen LogP contribution in [0, 0.1) is 0 Å². The number of esters is 1. The summed E-state index contributed by atoms with van der Waals surface area (Å²) in [6, 6.07) is 0. The van der Waals surface area contributed by atoms with Gasteiger partial charge >= 0.3 is 5.97 Å². The summed E-state index contributed by atoms with van der Waals surface area (Å²) < 4.78 is 22.2. The highest BCUT2D eigenvalue weighted by atomic mass is 16.8. The van der Waals surface area contributed by atoms with Crippen LogP contribution in [0.5, 0.6) is 0 Å². The van der Waals surface area contributed by atoms with Crippen molar-refractivity contribution < 1.29 is 28.8 Å². The van der Waals surface area contributed by atoms with Crippen LogP contribution < -0.4 is 0 Å². The molecule has 0 aromatic carbocycles. The number of carbonyl (C=O) groups is 1. The lowest BCUT2D eigenvalue weighted by Crippen LogP contribution is -2.37. The third-order valence-electron chi connectivity index (χ3n) is 3.77. The van der Waals surface area contributed by atoms with E-state index in [0.29, 0.717) is 12.8 Å². The minimum Gasteiger partial charge on any atom is -0.454 e. The second-order valence-corrected chi connectivity index (χ2v) is 4.63. The van der Waals surface area contributed by atoms with Crippen LogP contribution in [0.2, 0.25) is 0 Å². The molecule has 0 aromatic rings. The predicted molar refractivity (Wildman–Crippen MR) is 53.8 cm³/mol. The monoisotopic (exact) mass is 244 g/mol. The summed E-state index contributed by atoms with van der Waals surface area (Å²) in [5, 5.41) is 9.56. The second kappa shape index (κ2) is 3.65. The van der Waals surface area contributed by atoms with Crippen LogP contribution in [0.4, 0.5) is 0 Å². The first-order chi connectivity index (χ1) is 8.10. The summed E-state index contributed by atoms with van der Waals surface area (Å²) in [5.41, 5.74) is 0. The Bertz CT molecular complexity index is 339. The molecular weight excluding hydrogens is 228 g/mol. The Morgan fingerprint density at radius 3 is 2.53 bits per heavy atom. The highest BCUT2D eigenvalue weighted by molar-refractivity contribution is 5.78. The summed E-state index contributed by atoms with van der Waals surface area (Å²) in [7, 11) is 0. The van der Waals surface area contributed by atoms with Crippen molar-refractivity contribution in [3.63, 3.8) is 0 Å². The zero-order valence-electron chi connectivity index (χ0n) is 9.79. The predicted octanol–water partition coefficient (Wildman–Crippen LogP) is -0.0707. The van der Waals surface area contributed by atoms with Crippen molar-refractivity contribution in [2.45, 2.75) is 63.2 Å². The van der Waals surface area contributed by atoms with Crippen molar-refractivity contribution in [3.8, 4) is 0 Å². The normalized spacial score (nSPS) is 46.8. The molecule has 96 valence electrons. The number of carbonyl (C=O) groups excluding carboxylic acids is 1. The minimum absolute atomic E-state index is 0.430. The lowest BCUT2D eigenvalue weighted by atomic mass is 10.1. The molecule has 6 heteroatoms. The fourth-order valence-corrected chi connectivity index (χ4v) is 2.67. The van der Waals surface area contributed by atoms with Crippen LogP contribution in [0.1, 0.15) is 26.7 Å². The average Bonchev–Trinajstić information content (AvgIpc) is 2.92. The van der Waals surface area contributed by atoms with Gasteiger partial charge in [0.1, 0.15) is 6.10 Å². The van der Waals surface area contributed by atoms with Crippen molar-refractivity contribution >= 4 is 5.97 Å². The van der Waals surface area contributed by atoms with Gasteiger partial charge in [-0.05, 0) is 12.8 Å². The Morgan fingerprint density at radius 2 is 1.88 bits per heavy atom. The third-order valence-corrected chi connectivity index (χ3v) is 3.77. The molecule has 0 radical (unpaired) electrons. The molecule has 5 atom stereocenters. The van der Waals surface area contributed by atoms with Gasteiger partial charge in [-0.3, -0.25) is 0 Å². The Hall–Kier alpha value is -0.690. The van der Waals surface area contributed by atoms with Crippen LogP contribution in [0.25, 0.3) is 0 Å². The lowest BCUT2D eigenvalue weighted by Gasteiger charge is -2.27. The first-order valence-electron chi connectivity index (χ1n) is 6.00. The summed E-state index contributed by atoms with van der Waals surface area (Å²) in [4.78, 5) is 11.2. The summed E-state index contributed by atoms with van der Waals surface area (Å²) >= 11 is 0. The molecule has 1 N–H and O–H groups in total. The van der Waals surface area contributed by atoms with E-state index in [1.807, 2.05) is 13.8 Å². The van der Waals surface area contributed by atoms with Gasteiger partial charge < -0.3 is 24.1 Å². The molecular formula is C11H16O6. The maximum Gasteiger partial charge on any atom is 0.338 e. The van der Waals surface area contributed by atoms with Gasteiger partial charge in [0.05, 0.1) is 0 Å². The highest BCUT2D eigenvalue weighted by Gasteiger charge is 2.63. The summed E-state index contributed by atoms with van der Waals surface area (Å²) in [6.45, 7) is 3.94. The lowest BCUT2D eigenvalue weighted by molar-refractivity contribution is -0.235. The van der Waals surface area contributed by atoms with E-state index in [1.54, 1.807) is 0 Å². The second-order valence-electron chi connectivity index (χ2n) is 4.63. The molecule has 0 aliphatic carbocycles. The number of ether oxygens (including phenoxy) is 4. The van der Waals surface area contributed by atoms with Crippen LogP contribution in [0.15, 0.2) is 0 Å². The zero-order chi connectivity index (χ0) is 12.2. The SMILES string of the molecule is CCC1(CC)OC2OC3C(O)C(=O)OC3C2O1. The van der Waals surface area contributed by atoms with Crippen molar-refractivity contribution in [2.75, 3.05) is 0 Å². The fourth-order valence-electron chi connectivity index (χ4n) is 2.67.